The quantitative estimate of drug-likeness (QED) is 0.688. The fourth-order valence-electron chi connectivity index (χ4n) is 1.65. The smallest absolute Gasteiger partial charge is 0.0534 e. The molecule has 0 fully saturated rings. The molecule has 0 aliphatic heterocycles. The summed E-state index contributed by atoms with van der Waals surface area (Å²) in [5, 5.41) is 7.75. The highest BCUT2D eigenvalue weighted by Crippen LogP contribution is 2.04. The molecule has 18 heavy (non-hydrogen) atoms. The Bertz CT molecular complexity index is 321. The number of aromatic nitrogens is 2. The molecule has 1 rings (SSSR count). The van der Waals surface area contributed by atoms with E-state index in [1.807, 2.05) is 10.9 Å². The fourth-order valence-corrected chi connectivity index (χ4v) is 1.65. The van der Waals surface area contributed by atoms with Crippen LogP contribution in [0.2, 0.25) is 0 Å². The molecular weight excluding hydrogens is 226 g/mol. The molecule has 0 bridgehead atoms. The number of nitrogens with zero attached hydrogens (tertiary/aromatic N) is 2. The maximum Gasteiger partial charge on any atom is 0.0534 e. The van der Waals surface area contributed by atoms with Crippen LogP contribution in [0.3, 0.4) is 0 Å². The number of unbranched alkanes of at least 4 members (excludes halogenated alkanes) is 1. The molecule has 1 aromatic heterocycles. The topological polar surface area (TPSA) is 39.1 Å². The normalized spacial score (nSPS) is 11.7. The first-order valence-corrected chi connectivity index (χ1v) is 6.95. The van der Waals surface area contributed by atoms with E-state index < -0.39 is 0 Å². The lowest BCUT2D eigenvalue weighted by molar-refractivity contribution is 0.0760. The zero-order valence-electron chi connectivity index (χ0n) is 12.1. The molecule has 1 N–H and O–H groups in total. The van der Waals surface area contributed by atoms with Crippen LogP contribution in [0.15, 0.2) is 12.4 Å². The Morgan fingerprint density at radius 3 is 2.67 bits per heavy atom. The molecule has 104 valence electrons. The van der Waals surface area contributed by atoms with Gasteiger partial charge in [-0.1, -0.05) is 0 Å². The van der Waals surface area contributed by atoms with Crippen LogP contribution in [0.5, 0.6) is 0 Å². The van der Waals surface area contributed by atoms with Gasteiger partial charge in [-0.05, 0) is 47.1 Å². The van der Waals surface area contributed by atoms with Crippen LogP contribution in [0.25, 0.3) is 0 Å². The molecule has 0 saturated heterocycles. The van der Waals surface area contributed by atoms with Crippen LogP contribution in [0.1, 0.15) is 52.1 Å². The molecule has 0 atom stereocenters. The molecule has 4 heteroatoms. The first-order valence-electron chi connectivity index (χ1n) is 6.95. The van der Waals surface area contributed by atoms with Gasteiger partial charge in [0.05, 0.1) is 12.3 Å². The van der Waals surface area contributed by atoms with Gasteiger partial charge in [0.2, 0.25) is 0 Å². The van der Waals surface area contributed by atoms with Gasteiger partial charge in [-0.25, -0.2) is 0 Å². The first-order chi connectivity index (χ1) is 8.59. The van der Waals surface area contributed by atoms with Crippen LogP contribution in [0, 0.1) is 0 Å². The predicted molar refractivity (Wildman–Crippen MR) is 74.6 cm³/mol. The maximum atomic E-state index is 5.50. The number of hydrogen-bond donors (Lipinski definition) is 1. The Morgan fingerprint density at radius 2 is 2.06 bits per heavy atom. The molecule has 0 saturated carbocycles. The molecule has 0 amide bonds. The van der Waals surface area contributed by atoms with Crippen molar-refractivity contribution in [1.82, 2.24) is 15.1 Å². The van der Waals surface area contributed by atoms with E-state index in [1.54, 1.807) is 0 Å². The van der Waals surface area contributed by atoms with E-state index >= 15 is 0 Å². The molecule has 1 aromatic rings. The van der Waals surface area contributed by atoms with Crippen molar-refractivity contribution < 1.29 is 4.74 Å². The minimum atomic E-state index is 0.347. The molecule has 0 aromatic carbocycles. The van der Waals surface area contributed by atoms with E-state index in [4.69, 9.17) is 4.74 Å². The summed E-state index contributed by atoms with van der Waals surface area (Å²) in [7, 11) is 0. The Kier molecular flexibility index (Phi) is 6.98. The Labute approximate surface area is 111 Å². The fraction of sp³-hybridized carbons (Fsp3) is 0.786. The van der Waals surface area contributed by atoms with Gasteiger partial charge in [0.1, 0.15) is 0 Å². The highest BCUT2D eigenvalue weighted by molar-refractivity contribution is 5.03. The van der Waals surface area contributed by atoms with Crippen molar-refractivity contribution in [2.24, 2.45) is 0 Å². The maximum absolute atomic E-state index is 5.50. The van der Waals surface area contributed by atoms with Crippen LogP contribution in [-0.4, -0.2) is 29.0 Å². The molecule has 4 nitrogen and oxygen atoms in total. The molecule has 0 aliphatic rings. The van der Waals surface area contributed by atoms with Crippen molar-refractivity contribution >= 4 is 0 Å². The number of rotatable bonds is 9. The lowest BCUT2D eigenvalue weighted by Gasteiger charge is -2.07. The highest BCUT2D eigenvalue weighted by atomic mass is 16.5. The van der Waals surface area contributed by atoms with Crippen LogP contribution in [0.4, 0.5) is 0 Å². The van der Waals surface area contributed by atoms with Gasteiger partial charge in [0.15, 0.2) is 0 Å². The van der Waals surface area contributed by atoms with Crippen molar-refractivity contribution in [3.05, 3.63) is 18.0 Å². The van der Waals surface area contributed by atoms with Gasteiger partial charge in [-0.15, -0.1) is 0 Å². The Balaban J connectivity index is 2.03. The summed E-state index contributed by atoms with van der Waals surface area (Å²) >= 11 is 0. The average Bonchev–Trinajstić information content (AvgIpc) is 2.76. The monoisotopic (exact) mass is 253 g/mol. The van der Waals surface area contributed by atoms with Gasteiger partial charge in [-0.3, -0.25) is 4.68 Å². The van der Waals surface area contributed by atoms with E-state index in [-0.39, 0.29) is 0 Å². The van der Waals surface area contributed by atoms with Gasteiger partial charge in [0, 0.05) is 31.0 Å². The zero-order chi connectivity index (χ0) is 13.4. The van der Waals surface area contributed by atoms with Gasteiger partial charge in [-0.2, -0.15) is 5.10 Å². The predicted octanol–water partition coefficient (Wildman–Crippen LogP) is 2.76. The van der Waals surface area contributed by atoms with Crippen molar-refractivity contribution in [3.63, 3.8) is 0 Å². The molecule has 0 aliphatic carbocycles. The number of ether oxygens (including phenoxy) is 1. The summed E-state index contributed by atoms with van der Waals surface area (Å²) in [6.45, 7) is 11.2. The summed E-state index contributed by atoms with van der Waals surface area (Å²) in [6.07, 6.45) is 6.68. The van der Waals surface area contributed by atoms with Gasteiger partial charge < -0.3 is 10.1 Å². The number of hydrogen-bond acceptors (Lipinski definition) is 3. The van der Waals surface area contributed by atoms with Crippen molar-refractivity contribution in [2.75, 3.05) is 13.2 Å². The minimum Gasteiger partial charge on any atom is -0.379 e. The highest BCUT2D eigenvalue weighted by Gasteiger charge is 2.01. The van der Waals surface area contributed by atoms with E-state index in [2.05, 4.69) is 44.3 Å². The molecule has 0 radical (unpaired) electrons. The first kappa shape index (κ1) is 15.2. The molecular formula is C14H27N3O. The third-order valence-corrected chi connectivity index (χ3v) is 2.71. The number of nitrogens with one attached hydrogen (secondary N) is 1. The third kappa shape index (κ3) is 6.17. The lowest BCUT2D eigenvalue weighted by Crippen LogP contribution is -2.15. The van der Waals surface area contributed by atoms with Crippen LogP contribution in [-0.2, 0) is 11.3 Å². The van der Waals surface area contributed by atoms with E-state index in [9.17, 15) is 0 Å². The summed E-state index contributed by atoms with van der Waals surface area (Å²) in [6, 6.07) is 0.437. The molecule has 0 spiro atoms. The Hall–Kier alpha value is -0.870. The van der Waals surface area contributed by atoms with E-state index in [1.165, 1.54) is 5.56 Å². The lowest BCUT2D eigenvalue weighted by atomic mass is 10.3. The van der Waals surface area contributed by atoms with Crippen LogP contribution < -0.4 is 5.32 Å². The summed E-state index contributed by atoms with van der Waals surface area (Å²) in [5.41, 5.74) is 1.25. The van der Waals surface area contributed by atoms with Gasteiger partial charge >= 0.3 is 0 Å². The largest absolute Gasteiger partial charge is 0.379 e. The standard InChI is InChI=1S/C14H27N3O/c1-12(2)17-11-14(10-16-17)9-15-7-5-6-8-18-13(3)4/h10-13,15H,5-9H2,1-4H3. The SMILES string of the molecule is CC(C)OCCCCNCc1cnn(C(C)C)c1. The Morgan fingerprint density at radius 1 is 1.28 bits per heavy atom. The van der Waals surface area contributed by atoms with Crippen molar-refractivity contribution in [1.29, 1.82) is 0 Å². The van der Waals surface area contributed by atoms with Crippen LogP contribution >= 0.6 is 0 Å². The van der Waals surface area contributed by atoms with Crippen molar-refractivity contribution in [3.8, 4) is 0 Å². The summed E-state index contributed by atoms with van der Waals surface area (Å²) in [5.74, 6) is 0. The molecule has 0 unspecified atom stereocenters. The van der Waals surface area contributed by atoms with Gasteiger partial charge in [0.25, 0.3) is 0 Å². The third-order valence-electron chi connectivity index (χ3n) is 2.71. The van der Waals surface area contributed by atoms with E-state index in [0.717, 1.165) is 32.5 Å². The summed E-state index contributed by atoms with van der Waals surface area (Å²) < 4.78 is 7.49. The van der Waals surface area contributed by atoms with Crippen molar-refractivity contribution in [2.45, 2.75) is 59.2 Å². The zero-order valence-corrected chi connectivity index (χ0v) is 12.1. The second-order valence-electron chi connectivity index (χ2n) is 5.23. The second kappa shape index (κ2) is 8.27. The van der Waals surface area contributed by atoms with E-state index in [0.29, 0.717) is 12.1 Å². The molecule has 1 heterocycles. The minimum absolute atomic E-state index is 0.347. The summed E-state index contributed by atoms with van der Waals surface area (Å²) in [4.78, 5) is 0. The average molecular weight is 253 g/mol. The second-order valence-corrected chi connectivity index (χ2v) is 5.23.